The second-order valence-electron chi connectivity index (χ2n) is 7.92. The lowest BCUT2D eigenvalue weighted by atomic mass is 9.92. The Morgan fingerprint density at radius 2 is 1.90 bits per heavy atom. The highest BCUT2D eigenvalue weighted by Crippen LogP contribution is 2.32. The fourth-order valence-electron chi connectivity index (χ4n) is 4.22. The molecule has 0 saturated carbocycles. The van der Waals surface area contributed by atoms with Gasteiger partial charge < -0.3 is 19.8 Å². The van der Waals surface area contributed by atoms with Crippen molar-refractivity contribution in [3.05, 3.63) is 23.9 Å². The Morgan fingerprint density at radius 1 is 1.17 bits per heavy atom. The Hall–Kier alpha value is -2.54. The van der Waals surface area contributed by atoms with E-state index in [1.165, 1.54) is 6.42 Å². The third-order valence-corrected chi connectivity index (χ3v) is 5.14. The van der Waals surface area contributed by atoms with E-state index in [2.05, 4.69) is 29.0 Å². The van der Waals surface area contributed by atoms with Gasteiger partial charge in [-0.05, 0) is 50.3 Å². The second-order valence-corrected chi connectivity index (χ2v) is 7.92. The molecule has 3 rings (SSSR count). The quantitative estimate of drug-likeness (QED) is 0.692. The molecular formula is C22H31N3O4. The van der Waals surface area contributed by atoms with Crippen LogP contribution in [0.5, 0.6) is 5.75 Å². The van der Waals surface area contributed by atoms with Gasteiger partial charge >= 0.3 is 5.97 Å². The molecule has 1 aromatic heterocycles. The molecule has 1 saturated heterocycles. The van der Waals surface area contributed by atoms with Crippen LogP contribution < -0.4 is 10.1 Å². The van der Waals surface area contributed by atoms with Crippen molar-refractivity contribution in [2.45, 2.75) is 34.1 Å². The van der Waals surface area contributed by atoms with Gasteiger partial charge in [0.25, 0.3) is 0 Å². The van der Waals surface area contributed by atoms with E-state index in [9.17, 15) is 9.59 Å². The number of ether oxygens (including phenoxy) is 2. The maximum atomic E-state index is 12.8. The predicted molar refractivity (Wildman–Crippen MR) is 113 cm³/mol. The molecule has 1 amide bonds. The van der Waals surface area contributed by atoms with Crippen LogP contribution in [-0.2, 0) is 9.53 Å². The number of rotatable bonds is 7. The van der Waals surface area contributed by atoms with Gasteiger partial charge in [-0.3, -0.25) is 9.69 Å². The lowest BCUT2D eigenvalue weighted by Crippen LogP contribution is -2.42. The molecule has 7 nitrogen and oxygen atoms in total. The Bertz CT molecular complexity index is 866. The molecule has 0 spiro atoms. The van der Waals surface area contributed by atoms with Gasteiger partial charge in [0.2, 0.25) is 5.91 Å². The average Bonchev–Trinajstić information content (AvgIpc) is 2.99. The number of hydrogen-bond acceptors (Lipinski definition) is 5. The summed E-state index contributed by atoms with van der Waals surface area (Å²) in [6, 6.07) is 5.50. The summed E-state index contributed by atoms with van der Waals surface area (Å²) < 4.78 is 10.8. The van der Waals surface area contributed by atoms with Gasteiger partial charge in [-0.1, -0.05) is 13.8 Å². The maximum absolute atomic E-state index is 12.8. The van der Waals surface area contributed by atoms with Crippen molar-refractivity contribution >= 4 is 28.5 Å². The van der Waals surface area contributed by atoms with E-state index in [4.69, 9.17) is 9.47 Å². The number of esters is 1. The minimum Gasteiger partial charge on any atom is -0.494 e. The van der Waals surface area contributed by atoms with Crippen LogP contribution in [0.4, 0.5) is 5.69 Å². The number of fused-ring (bicyclic) bond motifs is 1. The van der Waals surface area contributed by atoms with E-state index in [-0.39, 0.29) is 18.2 Å². The number of aromatic nitrogens is 1. The molecule has 2 aromatic rings. The molecule has 7 heteroatoms. The standard InChI is InChI=1S/C22H31N3O4/c1-5-28-16-7-8-18-17(10-16)20(21(23-18)22(27)29-6-2)24-19(26)13-25-11-14(3)9-15(4)12-25/h7-8,10,14-15,23H,5-6,9,11-13H2,1-4H3,(H,24,26)/t14-,15+. The molecular weight excluding hydrogens is 370 g/mol. The van der Waals surface area contributed by atoms with Gasteiger partial charge in [0.1, 0.15) is 11.4 Å². The number of aromatic amines is 1. The van der Waals surface area contributed by atoms with Gasteiger partial charge in [-0.15, -0.1) is 0 Å². The van der Waals surface area contributed by atoms with Crippen molar-refractivity contribution < 1.29 is 19.1 Å². The van der Waals surface area contributed by atoms with E-state index < -0.39 is 5.97 Å². The van der Waals surface area contributed by atoms with Crippen LogP contribution in [0.2, 0.25) is 0 Å². The van der Waals surface area contributed by atoms with Crippen LogP contribution in [-0.4, -0.2) is 54.6 Å². The average molecular weight is 402 g/mol. The SMILES string of the molecule is CCOC(=O)c1[nH]c2ccc(OCC)cc2c1NC(=O)CN1C[C@H](C)C[C@H](C)C1. The van der Waals surface area contributed by atoms with E-state index in [1.807, 2.05) is 25.1 Å². The highest BCUT2D eigenvalue weighted by molar-refractivity contribution is 6.11. The predicted octanol–water partition coefficient (Wildman–Crippen LogP) is 3.66. The molecule has 29 heavy (non-hydrogen) atoms. The van der Waals surface area contributed by atoms with Gasteiger partial charge in [-0.25, -0.2) is 4.79 Å². The number of anilines is 1. The first-order valence-electron chi connectivity index (χ1n) is 10.4. The molecule has 1 aliphatic heterocycles. The molecule has 0 aliphatic carbocycles. The van der Waals surface area contributed by atoms with Crippen molar-refractivity contribution in [2.24, 2.45) is 11.8 Å². The first-order chi connectivity index (χ1) is 13.9. The molecule has 1 fully saturated rings. The molecule has 0 bridgehead atoms. The van der Waals surface area contributed by atoms with Crippen molar-refractivity contribution in [1.82, 2.24) is 9.88 Å². The number of nitrogens with zero attached hydrogens (tertiary/aromatic N) is 1. The van der Waals surface area contributed by atoms with E-state index in [0.717, 1.165) is 24.0 Å². The van der Waals surface area contributed by atoms with Crippen LogP contribution in [0.15, 0.2) is 18.2 Å². The zero-order valence-electron chi connectivity index (χ0n) is 17.7. The Labute approximate surface area is 171 Å². The van der Waals surface area contributed by atoms with Crippen LogP contribution in [0.3, 0.4) is 0 Å². The maximum Gasteiger partial charge on any atom is 0.356 e. The number of carbonyl (C=O) groups excluding carboxylic acids is 2. The number of benzene rings is 1. The summed E-state index contributed by atoms with van der Waals surface area (Å²) in [5, 5.41) is 3.68. The van der Waals surface area contributed by atoms with Crippen molar-refractivity contribution in [3.63, 3.8) is 0 Å². The summed E-state index contributed by atoms with van der Waals surface area (Å²) in [7, 11) is 0. The third-order valence-electron chi connectivity index (χ3n) is 5.14. The number of nitrogens with one attached hydrogen (secondary N) is 2. The monoisotopic (exact) mass is 401 g/mol. The fraction of sp³-hybridized carbons (Fsp3) is 0.545. The fourth-order valence-corrected chi connectivity index (χ4v) is 4.22. The Balaban J connectivity index is 1.86. The lowest BCUT2D eigenvalue weighted by molar-refractivity contribution is -0.117. The molecule has 2 heterocycles. The zero-order chi connectivity index (χ0) is 21.0. The molecule has 0 radical (unpaired) electrons. The van der Waals surface area contributed by atoms with Gasteiger partial charge in [-0.2, -0.15) is 0 Å². The third kappa shape index (κ3) is 5.09. The van der Waals surface area contributed by atoms with E-state index >= 15 is 0 Å². The summed E-state index contributed by atoms with van der Waals surface area (Å²) in [5.74, 6) is 1.20. The smallest absolute Gasteiger partial charge is 0.356 e. The van der Waals surface area contributed by atoms with Crippen molar-refractivity contribution in [2.75, 3.05) is 38.2 Å². The van der Waals surface area contributed by atoms with E-state index in [0.29, 0.717) is 36.4 Å². The number of carbonyl (C=O) groups is 2. The first-order valence-corrected chi connectivity index (χ1v) is 10.4. The minimum atomic E-state index is -0.489. The number of piperidine rings is 1. The number of likely N-dealkylation sites (tertiary alicyclic amines) is 1. The molecule has 158 valence electrons. The van der Waals surface area contributed by atoms with Crippen LogP contribution in [0, 0.1) is 11.8 Å². The molecule has 2 atom stereocenters. The normalized spacial score (nSPS) is 19.9. The van der Waals surface area contributed by atoms with Crippen LogP contribution in [0.25, 0.3) is 10.9 Å². The van der Waals surface area contributed by atoms with Crippen LogP contribution >= 0.6 is 0 Å². The summed E-state index contributed by atoms with van der Waals surface area (Å²) in [6.07, 6.45) is 1.19. The summed E-state index contributed by atoms with van der Waals surface area (Å²) in [6.45, 7) is 11.0. The second kappa shape index (κ2) is 9.31. The van der Waals surface area contributed by atoms with Gasteiger partial charge in [0.15, 0.2) is 0 Å². The number of amides is 1. The molecule has 2 N–H and O–H groups in total. The number of H-pyrrole nitrogens is 1. The molecule has 1 aliphatic rings. The highest BCUT2D eigenvalue weighted by atomic mass is 16.5. The summed E-state index contributed by atoms with van der Waals surface area (Å²) in [4.78, 5) is 30.5. The van der Waals surface area contributed by atoms with Gasteiger partial charge in [0, 0.05) is 24.0 Å². The van der Waals surface area contributed by atoms with E-state index in [1.54, 1.807) is 6.92 Å². The number of hydrogen-bond donors (Lipinski definition) is 2. The Kier molecular flexibility index (Phi) is 6.79. The first kappa shape index (κ1) is 21.2. The van der Waals surface area contributed by atoms with Crippen molar-refractivity contribution in [3.8, 4) is 5.75 Å². The molecule has 1 aromatic carbocycles. The summed E-state index contributed by atoms with van der Waals surface area (Å²) in [5.41, 5.74) is 1.44. The van der Waals surface area contributed by atoms with Crippen molar-refractivity contribution in [1.29, 1.82) is 0 Å². The lowest BCUT2D eigenvalue weighted by Gasteiger charge is -2.34. The minimum absolute atomic E-state index is 0.139. The topological polar surface area (TPSA) is 83.7 Å². The molecule has 0 unspecified atom stereocenters. The van der Waals surface area contributed by atoms with Gasteiger partial charge in [0.05, 0.1) is 25.4 Å². The largest absolute Gasteiger partial charge is 0.494 e. The highest BCUT2D eigenvalue weighted by Gasteiger charge is 2.25. The Morgan fingerprint density at radius 3 is 2.55 bits per heavy atom. The van der Waals surface area contributed by atoms with Crippen LogP contribution in [0.1, 0.15) is 44.6 Å². The summed E-state index contributed by atoms with van der Waals surface area (Å²) >= 11 is 0. The zero-order valence-corrected chi connectivity index (χ0v) is 17.7.